The second kappa shape index (κ2) is 4.47. The number of fused-ring (bicyclic) bond motifs is 1. The maximum absolute atomic E-state index is 11.8. The van der Waals surface area contributed by atoms with E-state index in [9.17, 15) is 15.0 Å². The van der Waals surface area contributed by atoms with E-state index in [-0.39, 0.29) is 6.42 Å². The lowest BCUT2D eigenvalue weighted by atomic mass is 9.88. The van der Waals surface area contributed by atoms with Gasteiger partial charge in [0.2, 0.25) is 0 Å². The van der Waals surface area contributed by atoms with E-state index < -0.39 is 17.6 Å². The summed E-state index contributed by atoms with van der Waals surface area (Å²) in [5.41, 5.74) is -0.408. The van der Waals surface area contributed by atoms with Gasteiger partial charge in [-0.2, -0.15) is 0 Å². The smallest absolute Gasteiger partial charge is 0.261 e. The molecule has 1 heterocycles. The molecule has 1 aliphatic heterocycles. The molecule has 1 aliphatic rings. The molecular weight excluding hydrogens is 218 g/mol. The van der Waals surface area contributed by atoms with E-state index in [1.54, 1.807) is 24.3 Å². The first-order valence-electron chi connectivity index (χ1n) is 5.89. The number of nitrogens with one attached hydrogen (secondary N) is 1. The van der Waals surface area contributed by atoms with Crippen molar-refractivity contribution < 1.29 is 15.0 Å². The van der Waals surface area contributed by atoms with Crippen molar-refractivity contribution in [3.63, 3.8) is 0 Å². The molecule has 1 amide bonds. The summed E-state index contributed by atoms with van der Waals surface area (Å²) in [7, 11) is 0. The molecule has 0 fully saturated rings. The summed E-state index contributed by atoms with van der Waals surface area (Å²) in [5.74, 6) is -0.450. The molecular formula is C13H17NO3. The largest absolute Gasteiger partial charge is 0.393 e. The van der Waals surface area contributed by atoms with Crippen molar-refractivity contribution in [1.29, 1.82) is 0 Å². The van der Waals surface area contributed by atoms with E-state index in [2.05, 4.69) is 5.32 Å². The van der Waals surface area contributed by atoms with Gasteiger partial charge in [0.25, 0.3) is 5.91 Å². The summed E-state index contributed by atoms with van der Waals surface area (Å²) >= 11 is 0. The van der Waals surface area contributed by atoms with Gasteiger partial charge >= 0.3 is 0 Å². The molecule has 2 atom stereocenters. The molecule has 0 radical (unpaired) electrons. The number of carbonyl (C=O) groups is 1. The summed E-state index contributed by atoms with van der Waals surface area (Å²) in [6.45, 7) is 1.95. The molecule has 4 nitrogen and oxygen atoms in total. The summed E-state index contributed by atoms with van der Waals surface area (Å²) in [5, 5.41) is 22.9. The molecule has 0 aromatic heterocycles. The molecule has 0 aliphatic carbocycles. The molecule has 0 saturated heterocycles. The van der Waals surface area contributed by atoms with Crippen LogP contribution in [0.2, 0.25) is 0 Å². The number of amides is 1. The Bertz CT molecular complexity index is 432. The number of hydrogen-bond donors (Lipinski definition) is 3. The fraction of sp³-hybridized carbons (Fsp3) is 0.462. The first-order valence-corrected chi connectivity index (χ1v) is 5.89. The van der Waals surface area contributed by atoms with Crippen molar-refractivity contribution in [2.24, 2.45) is 0 Å². The number of benzene rings is 1. The van der Waals surface area contributed by atoms with Crippen molar-refractivity contribution in [1.82, 2.24) is 0 Å². The van der Waals surface area contributed by atoms with Gasteiger partial charge in [0.05, 0.1) is 6.10 Å². The average molecular weight is 235 g/mol. The second-order valence-corrected chi connectivity index (χ2v) is 4.51. The van der Waals surface area contributed by atoms with Gasteiger partial charge in [-0.3, -0.25) is 4.79 Å². The van der Waals surface area contributed by atoms with Crippen LogP contribution in [0.15, 0.2) is 24.3 Å². The molecule has 3 N–H and O–H groups in total. The van der Waals surface area contributed by atoms with Gasteiger partial charge in [0, 0.05) is 17.7 Å². The predicted molar refractivity (Wildman–Crippen MR) is 64.5 cm³/mol. The van der Waals surface area contributed by atoms with Crippen LogP contribution in [-0.4, -0.2) is 22.2 Å². The van der Waals surface area contributed by atoms with Gasteiger partial charge in [-0.15, -0.1) is 0 Å². The Morgan fingerprint density at radius 1 is 1.41 bits per heavy atom. The zero-order valence-corrected chi connectivity index (χ0v) is 9.81. The fourth-order valence-corrected chi connectivity index (χ4v) is 2.28. The van der Waals surface area contributed by atoms with Gasteiger partial charge in [0.15, 0.2) is 5.60 Å². The zero-order valence-electron chi connectivity index (χ0n) is 9.81. The highest BCUT2D eigenvalue weighted by molar-refractivity contribution is 6.04. The summed E-state index contributed by atoms with van der Waals surface area (Å²) in [6.07, 6.45) is 0.781. The fourth-order valence-electron chi connectivity index (χ4n) is 2.28. The van der Waals surface area contributed by atoms with Crippen LogP contribution >= 0.6 is 0 Å². The Morgan fingerprint density at radius 2 is 2.12 bits per heavy atom. The monoisotopic (exact) mass is 235 g/mol. The van der Waals surface area contributed by atoms with Crippen LogP contribution in [0.5, 0.6) is 0 Å². The molecule has 0 spiro atoms. The van der Waals surface area contributed by atoms with Crippen LogP contribution < -0.4 is 5.32 Å². The number of aliphatic hydroxyl groups is 2. The lowest BCUT2D eigenvalue weighted by Crippen LogP contribution is -2.37. The van der Waals surface area contributed by atoms with Gasteiger partial charge in [-0.1, -0.05) is 31.5 Å². The Labute approximate surface area is 100 Å². The second-order valence-electron chi connectivity index (χ2n) is 4.51. The van der Waals surface area contributed by atoms with E-state index in [0.29, 0.717) is 17.7 Å². The Hall–Kier alpha value is -1.39. The van der Waals surface area contributed by atoms with E-state index in [4.69, 9.17) is 0 Å². The lowest BCUT2D eigenvalue weighted by Gasteiger charge is -2.23. The quantitative estimate of drug-likeness (QED) is 0.738. The van der Waals surface area contributed by atoms with Crippen molar-refractivity contribution in [3.05, 3.63) is 29.8 Å². The van der Waals surface area contributed by atoms with Crippen molar-refractivity contribution in [2.45, 2.75) is 37.9 Å². The molecule has 2 rings (SSSR count). The lowest BCUT2D eigenvalue weighted by molar-refractivity contribution is -0.137. The van der Waals surface area contributed by atoms with Crippen molar-refractivity contribution in [2.75, 3.05) is 5.32 Å². The topological polar surface area (TPSA) is 69.6 Å². The van der Waals surface area contributed by atoms with E-state index in [1.807, 2.05) is 6.92 Å². The van der Waals surface area contributed by atoms with Crippen LogP contribution in [0.1, 0.15) is 31.7 Å². The molecule has 0 bridgehead atoms. The Kier molecular flexibility index (Phi) is 3.17. The van der Waals surface area contributed by atoms with Crippen molar-refractivity contribution in [3.8, 4) is 0 Å². The van der Waals surface area contributed by atoms with Crippen LogP contribution in [-0.2, 0) is 10.4 Å². The van der Waals surface area contributed by atoms with Crippen LogP contribution in [0.25, 0.3) is 0 Å². The average Bonchev–Trinajstić information content (AvgIpc) is 2.52. The molecule has 1 aromatic rings. The molecule has 92 valence electrons. The minimum atomic E-state index is -1.59. The number of anilines is 1. The van der Waals surface area contributed by atoms with E-state index in [0.717, 1.165) is 6.42 Å². The first-order chi connectivity index (χ1) is 8.08. The van der Waals surface area contributed by atoms with Crippen LogP contribution in [0.3, 0.4) is 0 Å². The minimum absolute atomic E-state index is 0.0453. The normalized spacial score (nSPS) is 24.3. The summed E-state index contributed by atoms with van der Waals surface area (Å²) in [4.78, 5) is 11.8. The molecule has 1 aromatic carbocycles. The van der Waals surface area contributed by atoms with Gasteiger partial charge in [-0.25, -0.2) is 0 Å². The number of rotatable bonds is 4. The first kappa shape index (κ1) is 12.1. The standard InChI is InChI=1S/C13H17NO3/c1-2-5-9(15)8-13(17)10-6-3-4-7-11(10)14-12(13)16/h3-4,6-7,9,15,17H,2,5,8H2,1H3,(H,14,16). The maximum atomic E-state index is 11.8. The number of hydrogen-bond acceptors (Lipinski definition) is 3. The van der Waals surface area contributed by atoms with Crippen LogP contribution in [0.4, 0.5) is 5.69 Å². The number of carbonyl (C=O) groups excluding carboxylic acids is 1. The highest BCUT2D eigenvalue weighted by atomic mass is 16.3. The Balaban J connectivity index is 2.27. The highest BCUT2D eigenvalue weighted by Gasteiger charge is 2.45. The van der Waals surface area contributed by atoms with E-state index in [1.165, 1.54) is 0 Å². The minimum Gasteiger partial charge on any atom is -0.393 e. The number of aliphatic hydroxyl groups excluding tert-OH is 1. The predicted octanol–water partition coefficient (Wildman–Crippen LogP) is 1.38. The SMILES string of the molecule is CCCC(O)CC1(O)C(=O)Nc2ccccc21. The highest BCUT2D eigenvalue weighted by Crippen LogP contribution is 2.39. The van der Waals surface area contributed by atoms with E-state index >= 15 is 0 Å². The molecule has 17 heavy (non-hydrogen) atoms. The zero-order chi connectivity index (χ0) is 12.5. The van der Waals surface area contributed by atoms with Crippen molar-refractivity contribution >= 4 is 11.6 Å². The molecule has 4 heteroatoms. The third-order valence-corrected chi connectivity index (χ3v) is 3.15. The summed E-state index contributed by atoms with van der Waals surface area (Å²) < 4.78 is 0. The van der Waals surface area contributed by atoms with Gasteiger partial charge < -0.3 is 15.5 Å². The van der Waals surface area contributed by atoms with Gasteiger partial charge in [-0.05, 0) is 12.5 Å². The number of para-hydroxylation sites is 1. The maximum Gasteiger partial charge on any atom is 0.261 e. The summed E-state index contributed by atoms with van der Waals surface area (Å²) in [6, 6.07) is 7.03. The third kappa shape index (κ3) is 2.06. The molecule has 0 saturated carbocycles. The molecule has 2 unspecified atom stereocenters. The van der Waals surface area contributed by atoms with Gasteiger partial charge in [0.1, 0.15) is 0 Å². The Morgan fingerprint density at radius 3 is 2.82 bits per heavy atom. The van der Waals surface area contributed by atoms with Crippen LogP contribution in [0, 0.1) is 0 Å². The third-order valence-electron chi connectivity index (χ3n) is 3.15.